The van der Waals surface area contributed by atoms with Gasteiger partial charge in [0.2, 0.25) is 5.91 Å². The van der Waals surface area contributed by atoms with Crippen LogP contribution in [0.5, 0.6) is 0 Å². The first-order chi connectivity index (χ1) is 12.4. The Hall–Kier alpha value is -2.96. The van der Waals surface area contributed by atoms with Gasteiger partial charge in [-0.15, -0.1) is 0 Å². The van der Waals surface area contributed by atoms with Crippen molar-refractivity contribution in [3.8, 4) is 0 Å². The summed E-state index contributed by atoms with van der Waals surface area (Å²) < 4.78 is 9.58. The van der Waals surface area contributed by atoms with E-state index in [0.29, 0.717) is 23.2 Å². The Bertz CT molecular complexity index is 764. The Kier molecular flexibility index (Phi) is 5.92. The van der Waals surface area contributed by atoms with E-state index in [-0.39, 0.29) is 24.5 Å². The van der Waals surface area contributed by atoms with Crippen LogP contribution in [0.15, 0.2) is 35.9 Å². The molecule has 0 spiro atoms. The highest BCUT2D eigenvalue weighted by Gasteiger charge is 2.50. The summed E-state index contributed by atoms with van der Waals surface area (Å²) in [5.74, 6) is -2.11. The van der Waals surface area contributed by atoms with Crippen molar-refractivity contribution in [3.63, 3.8) is 0 Å². The molecule has 0 unspecified atom stereocenters. The molecule has 0 aliphatic heterocycles. The lowest BCUT2D eigenvalue weighted by Crippen LogP contribution is -2.43. The van der Waals surface area contributed by atoms with Crippen molar-refractivity contribution in [1.82, 2.24) is 0 Å². The molecule has 1 aromatic carbocycles. The Labute approximate surface area is 151 Å². The molecule has 0 bridgehead atoms. The fourth-order valence-corrected chi connectivity index (χ4v) is 3.13. The van der Waals surface area contributed by atoms with E-state index in [4.69, 9.17) is 9.47 Å². The van der Waals surface area contributed by atoms with E-state index < -0.39 is 17.4 Å². The topological polar surface area (TPSA) is 98.8 Å². The minimum absolute atomic E-state index is 0.112. The zero-order valence-electron chi connectivity index (χ0n) is 15.0. The lowest BCUT2D eigenvalue weighted by Gasteiger charge is -2.31. The van der Waals surface area contributed by atoms with Crippen LogP contribution in [0, 0.1) is 5.41 Å². The number of benzene rings is 1. The maximum absolute atomic E-state index is 13.0. The van der Waals surface area contributed by atoms with Crippen molar-refractivity contribution in [2.24, 2.45) is 5.41 Å². The highest BCUT2D eigenvalue weighted by Crippen LogP contribution is 2.40. The van der Waals surface area contributed by atoms with Crippen LogP contribution in [0.1, 0.15) is 36.5 Å². The summed E-state index contributed by atoms with van der Waals surface area (Å²) in [6, 6.07) is 6.58. The first kappa shape index (κ1) is 19.4. The number of rotatable bonds is 5. The third kappa shape index (κ3) is 3.66. The number of carbonyl (C=O) groups excluding carboxylic acids is 4. The van der Waals surface area contributed by atoms with Gasteiger partial charge in [-0.1, -0.05) is 18.2 Å². The molecule has 0 radical (unpaired) electrons. The van der Waals surface area contributed by atoms with Gasteiger partial charge in [0.25, 0.3) is 0 Å². The number of amides is 1. The molecule has 7 heteroatoms. The third-order valence-corrected chi connectivity index (χ3v) is 4.38. The number of esters is 2. The highest BCUT2D eigenvalue weighted by atomic mass is 16.5. The monoisotopic (exact) mass is 359 g/mol. The molecule has 1 N–H and O–H groups in total. The van der Waals surface area contributed by atoms with Crippen LogP contribution in [-0.4, -0.2) is 37.8 Å². The second-order valence-electron chi connectivity index (χ2n) is 6.07. The van der Waals surface area contributed by atoms with Crippen molar-refractivity contribution < 1.29 is 28.7 Å². The second-order valence-corrected chi connectivity index (χ2v) is 6.07. The maximum atomic E-state index is 13.0. The number of para-hydroxylation sites is 1. The normalized spacial score (nSPS) is 15.4. The molecule has 1 aliphatic rings. The Balaban J connectivity index is 2.39. The van der Waals surface area contributed by atoms with Gasteiger partial charge in [0, 0.05) is 18.9 Å². The molecule has 138 valence electrons. The molecule has 26 heavy (non-hydrogen) atoms. The molecule has 7 nitrogen and oxygen atoms in total. The average molecular weight is 359 g/mol. The fourth-order valence-electron chi connectivity index (χ4n) is 3.13. The molecule has 0 aromatic heterocycles. The van der Waals surface area contributed by atoms with E-state index in [9.17, 15) is 19.2 Å². The first-order valence-electron chi connectivity index (χ1n) is 8.13. The second kappa shape index (κ2) is 7.95. The number of anilines is 1. The number of hydrogen-bond donors (Lipinski definition) is 1. The fraction of sp³-hybridized carbons (Fsp3) is 0.368. The molecule has 0 heterocycles. The van der Waals surface area contributed by atoms with E-state index in [0.717, 1.165) is 0 Å². The van der Waals surface area contributed by atoms with Crippen LogP contribution in [0.25, 0.3) is 0 Å². The lowest BCUT2D eigenvalue weighted by atomic mass is 9.72. The van der Waals surface area contributed by atoms with E-state index in [2.05, 4.69) is 5.32 Å². The Morgan fingerprint density at radius 3 is 2.23 bits per heavy atom. The molecule has 1 aliphatic carbocycles. The number of nitrogens with one attached hydrogen (secondary N) is 1. The summed E-state index contributed by atoms with van der Waals surface area (Å²) in [5.41, 5.74) is -0.561. The average Bonchev–Trinajstić information content (AvgIpc) is 2.66. The van der Waals surface area contributed by atoms with Crippen LogP contribution in [0.3, 0.4) is 0 Å². The van der Waals surface area contributed by atoms with Gasteiger partial charge in [-0.25, -0.2) is 0 Å². The summed E-state index contributed by atoms with van der Waals surface area (Å²) in [5, 5.41) is 2.61. The van der Waals surface area contributed by atoms with Gasteiger partial charge in [0.1, 0.15) is 0 Å². The van der Waals surface area contributed by atoms with Gasteiger partial charge in [-0.2, -0.15) is 0 Å². The van der Waals surface area contributed by atoms with Crippen LogP contribution in [0.4, 0.5) is 5.69 Å². The smallest absolute Gasteiger partial charge is 0.323 e. The van der Waals surface area contributed by atoms with Gasteiger partial charge in [-0.3, -0.25) is 19.2 Å². The van der Waals surface area contributed by atoms with Crippen molar-refractivity contribution in [2.75, 3.05) is 19.5 Å². The van der Waals surface area contributed by atoms with Crippen LogP contribution < -0.4 is 5.32 Å². The summed E-state index contributed by atoms with van der Waals surface area (Å²) in [7, 11) is 2.39. The van der Waals surface area contributed by atoms with E-state index >= 15 is 0 Å². The number of carbonyl (C=O) groups is 4. The SMILES string of the molecule is COC(=O)C1(C(=O)OC)CCC=C(C(=O)c2ccccc2NC(C)=O)C1. The van der Waals surface area contributed by atoms with Gasteiger partial charge in [0.05, 0.1) is 19.9 Å². The van der Waals surface area contributed by atoms with Gasteiger partial charge < -0.3 is 14.8 Å². The van der Waals surface area contributed by atoms with E-state index in [1.807, 2.05) is 0 Å². The van der Waals surface area contributed by atoms with Crippen molar-refractivity contribution in [2.45, 2.75) is 26.2 Å². The molecule has 1 amide bonds. The molecular formula is C19H21NO6. The zero-order valence-corrected chi connectivity index (χ0v) is 15.0. The van der Waals surface area contributed by atoms with Crippen LogP contribution >= 0.6 is 0 Å². The standard InChI is InChI=1S/C19H21NO6/c1-12(21)20-15-9-5-4-8-14(15)16(22)13-7-6-10-19(11-13,17(23)25-2)18(24)26-3/h4-5,7-9H,6,10-11H2,1-3H3,(H,20,21). The van der Waals surface area contributed by atoms with E-state index in [1.54, 1.807) is 30.3 Å². The maximum Gasteiger partial charge on any atom is 0.323 e. The molecular weight excluding hydrogens is 338 g/mol. The summed E-state index contributed by atoms with van der Waals surface area (Å²) in [6.07, 6.45) is 2.15. The van der Waals surface area contributed by atoms with Crippen LogP contribution in [-0.2, 0) is 23.9 Å². The number of ether oxygens (including phenoxy) is 2. The van der Waals surface area contributed by atoms with Crippen molar-refractivity contribution in [3.05, 3.63) is 41.5 Å². The van der Waals surface area contributed by atoms with Crippen molar-refractivity contribution >= 4 is 29.3 Å². The first-order valence-corrected chi connectivity index (χ1v) is 8.13. The molecule has 0 atom stereocenters. The molecule has 0 saturated heterocycles. The largest absolute Gasteiger partial charge is 0.468 e. The van der Waals surface area contributed by atoms with Crippen molar-refractivity contribution in [1.29, 1.82) is 0 Å². The van der Waals surface area contributed by atoms with Crippen LogP contribution in [0.2, 0.25) is 0 Å². The number of hydrogen-bond acceptors (Lipinski definition) is 6. The minimum atomic E-state index is -1.54. The molecule has 1 aromatic rings. The van der Waals surface area contributed by atoms with Gasteiger partial charge >= 0.3 is 11.9 Å². The number of ketones is 1. The number of Topliss-reactive ketones (excluding diaryl/α,β-unsaturated/α-hetero) is 1. The Morgan fingerprint density at radius 1 is 1.04 bits per heavy atom. The Morgan fingerprint density at radius 2 is 1.65 bits per heavy atom. The molecule has 2 rings (SSSR count). The van der Waals surface area contributed by atoms with Gasteiger partial charge in [-0.05, 0) is 30.5 Å². The predicted octanol–water partition coefficient (Wildman–Crippen LogP) is 2.27. The molecule has 0 fully saturated rings. The quantitative estimate of drug-likeness (QED) is 0.492. The summed E-state index contributed by atoms with van der Waals surface area (Å²) in [6.45, 7) is 1.35. The summed E-state index contributed by atoms with van der Waals surface area (Å²) >= 11 is 0. The zero-order chi connectivity index (χ0) is 19.3. The highest BCUT2D eigenvalue weighted by molar-refractivity contribution is 6.15. The van der Waals surface area contributed by atoms with E-state index in [1.165, 1.54) is 21.1 Å². The number of methoxy groups -OCH3 is 2. The third-order valence-electron chi connectivity index (χ3n) is 4.38. The number of allylic oxidation sites excluding steroid dienone is 2. The summed E-state index contributed by atoms with van der Waals surface area (Å²) in [4.78, 5) is 48.9. The predicted molar refractivity (Wildman–Crippen MR) is 93.5 cm³/mol. The lowest BCUT2D eigenvalue weighted by molar-refractivity contribution is -0.170. The van der Waals surface area contributed by atoms with Gasteiger partial charge in [0.15, 0.2) is 11.2 Å². The molecule has 0 saturated carbocycles. The minimum Gasteiger partial charge on any atom is -0.468 e.